The van der Waals surface area contributed by atoms with Crippen molar-refractivity contribution in [1.82, 2.24) is 9.80 Å². The van der Waals surface area contributed by atoms with Crippen LogP contribution in [0.4, 0.5) is 0 Å². The lowest BCUT2D eigenvalue weighted by Crippen LogP contribution is -2.38. The van der Waals surface area contributed by atoms with E-state index in [1.54, 1.807) is 36.4 Å². The molecule has 0 radical (unpaired) electrons. The highest BCUT2D eigenvalue weighted by Gasteiger charge is 2.46. The van der Waals surface area contributed by atoms with Crippen molar-refractivity contribution in [2.75, 3.05) is 32.8 Å². The molecular formula is C32H35ClN2O5. The minimum Gasteiger partial charge on any atom is -0.507 e. The third-order valence-corrected chi connectivity index (χ3v) is 7.28. The van der Waals surface area contributed by atoms with Gasteiger partial charge in [-0.2, -0.15) is 0 Å². The second-order valence-corrected chi connectivity index (χ2v) is 9.88. The molecule has 0 saturated carbocycles. The molecule has 1 atom stereocenters. The molecule has 0 aromatic heterocycles. The molecule has 1 heterocycles. The van der Waals surface area contributed by atoms with E-state index in [0.717, 1.165) is 18.7 Å². The zero-order valence-corrected chi connectivity index (χ0v) is 23.9. The lowest BCUT2D eigenvalue weighted by atomic mass is 9.95. The summed E-state index contributed by atoms with van der Waals surface area (Å²) in [6.07, 6.45) is 0. The highest BCUT2D eigenvalue weighted by molar-refractivity contribution is 6.46. The standard InChI is InChI=1S/C32H35ClN2O5/c1-4-34(5-2)18-19-35-29(28(31(37)32(35)38)30(36)23-12-15-25(33)16-13-23)24-14-17-26(27(20-24)39-6-3)40-21-22-10-8-7-9-11-22/h7-17,20,29,36H,4-6,18-19,21H2,1-3H3/b30-28+. The maximum atomic E-state index is 13.4. The number of Topliss-reactive ketones (excluding diaryl/α,β-unsaturated/α-hetero) is 1. The molecule has 3 aromatic rings. The van der Waals surface area contributed by atoms with E-state index < -0.39 is 17.7 Å². The summed E-state index contributed by atoms with van der Waals surface area (Å²) >= 11 is 6.04. The average molecular weight is 563 g/mol. The van der Waals surface area contributed by atoms with Gasteiger partial charge in [-0.05, 0) is 67.5 Å². The predicted molar refractivity (Wildman–Crippen MR) is 157 cm³/mol. The summed E-state index contributed by atoms with van der Waals surface area (Å²) < 4.78 is 12.0. The lowest BCUT2D eigenvalue weighted by Gasteiger charge is -2.28. The van der Waals surface area contributed by atoms with E-state index in [-0.39, 0.29) is 11.3 Å². The smallest absolute Gasteiger partial charge is 0.295 e. The number of likely N-dealkylation sites (N-methyl/N-ethyl adjacent to an activating group) is 1. The number of aliphatic hydroxyl groups excluding tert-OH is 1. The molecule has 3 aromatic carbocycles. The van der Waals surface area contributed by atoms with Crippen molar-refractivity contribution in [3.63, 3.8) is 0 Å². The Balaban J connectivity index is 1.76. The third kappa shape index (κ3) is 6.49. The molecule has 1 aliphatic rings. The Hall–Kier alpha value is -3.81. The molecule has 1 saturated heterocycles. The molecule has 1 N–H and O–H groups in total. The number of nitrogens with zero attached hydrogens (tertiary/aromatic N) is 2. The molecule has 1 unspecified atom stereocenters. The van der Waals surface area contributed by atoms with Gasteiger partial charge in [0.05, 0.1) is 18.2 Å². The van der Waals surface area contributed by atoms with Crippen molar-refractivity contribution in [3.05, 3.63) is 100 Å². The first-order chi connectivity index (χ1) is 19.4. The number of amides is 1. The van der Waals surface area contributed by atoms with Gasteiger partial charge in [0.2, 0.25) is 0 Å². The van der Waals surface area contributed by atoms with Crippen LogP contribution in [0.2, 0.25) is 5.02 Å². The van der Waals surface area contributed by atoms with E-state index in [2.05, 4.69) is 18.7 Å². The van der Waals surface area contributed by atoms with E-state index in [4.69, 9.17) is 21.1 Å². The van der Waals surface area contributed by atoms with E-state index >= 15 is 0 Å². The van der Waals surface area contributed by atoms with E-state index in [1.165, 1.54) is 4.90 Å². The topological polar surface area (TPSA) is 79.3 Å². The number of hydrogen-bond acceptors (Lipinski definition) is 6. The highest BCUT2D eigenvalue weighted by atomic mass is 35.5. The average Bonchev–Trinajstić information content (AvgIpc) is 3.23. The fourth-order valence-electron chi connectivity index (χ4n) is 4.83. The highest BCUT2D eigenvalue weighted by Crippen LogP contribution is 2.42. The number of benzene rings is 3. The van der Waals surface area contributed by atoms with Crippen molar-refractivity contribution < 1.29 is 24.2 Å². The van der Waals surface area contributed by atoms with Crippen LogP contribution in [0.15, 0.2) is 78.4 Å². The van der Waals surface area contributed by atoms with Crippen molar-refractivity contribution in [3.8, 4) is 11.5 Å². The van der Waals surface area contributed by atoms with Crippen LogP contribution in [0.25, 0.3) is 5.76 Å². The van der Waals surface area contributed by atoms with Gasteiger partial charge in [-0.15, -0.1) is 0 Å². The van der Waals surface area contributed by atoms with Gasteiger partial charge in [0.25, 0.3) is 11.7 Å². The molecule has 0 bridgehead atoms. The van der Waals surface area contributed by atoms with Crippen LogP contribution in [0.3, 0.4) is 0 Å². The third-order valence-electron chi connectivity index (χ3n) is 7.03. The molecular weight excluding hydrogens is 528 g/mol. The fourth-order valence-corrected chi connectivity index (χ4v) is 4.95. The summed E-state index contributed by atoms with van der Waals surface area (Å²) in [5, 5.41) is 11.8. The summed E-state index contributed by atoms with van der Waals surface area (Å²) in [5.74, 6) is -0.564. The number of likely N-dealkylation sites (tertiary alicyclic amines) is 1. The zero-order chi connectivity index (χ0) is 28.6. The van der Waals surface area contributed by atoms with Crippen molar-refractivity contribution in [2.24, 2.45) is 0 Å². The molecule has 7 nitrogen and oxygen atoms in total. The first-order valence-corrected chi connectivity index (χ1v) is 14.0. The van der Waals surface area contributed by atoms with Crippen LogP contribution >= 0.6 is 11.6 Å². The van der Waals surface area contributed by atoms with Crippen molar-refractivity contribution in [2.45, 2.75) is 33.4 Å². The maximum absolute atomic E-state index is 13.4. The van der Waals surface area contributed by atoms with Crippen LogP contribution in [-0.2, 0) is 16.2 Å². The Kier molecular flexibility index (Phi) is 9.85. The van der Waals surface area contributed by atoms with Gasteiger partial charge in [0.1, 0.15) is 12.4 Å². The second kappa shape index (κ2) is 13.5. The zero-order valence-electron chi connectivity index (χ0n) is 23.1. The van der Waals surface area contributed by atoms with Crippen LogP contribution < -0.4 is 9.47 Å². The van der Waals surface area contributed by atoms with Crippen LogP contribution in [-0.4, -0.2) is 59.4 Å². The summed E-state index contributed by atoms with van der Waals surface area (Å²) in [6, 6.07) is 20.9. The number of aliphatic hydroxyl groups is 1. The quantitative estimate of drug-likeness (QED) is 0.164. The lowest BCUT2D eigenvalue weighted by molar-refractivity contribution is -0.140. The van der Waals surface area contributed by atoms with E-state index in [1.807, 2.05) is 43.3 Å². The summed E-state index contributed by atoms with van der Waals surface area (Å²) in [7, 11) is 0. The van der Waals surface area contributed by atoms with Crippen LogP contribution in [0, 0.1) is 0 Å². The van der Waals surface area contributed by atoms with Gasteiger partial charge in [-0.3, -0.25) is 9.59 Å². The number of hydrogen-bond donors (Lipinski definition) is 1. The Morgan fingerprint density at radius 1 is 0.925 bits per heavy atom. The monoisotopic (exact) mass is 562 g/mol. The number of rotatable bonds is 12. The molecule has 1 fully saturated rings. The van der Waals surface area contributed by atoms with Gasteiger partial charge in [0.15, 0.2) is 11.5 Å². The summed E-state index contributed by atoms with van der Waals surface area (Å²) in [5.41, 5.74) is 2.10. The number of carbonyl (C=O) groups is 2. The van der Waals surface area contributed by atoms with Crippen LogP contribution in [0.5, 0.6) is 11.5 Å². The number of halogens is 1. The Morgan fingerprint density at radius 2 is 1.62 bits per heavy atom. The maximum Gasteiger partial charge on any atom is 0.295 e. The Labute approximate surface area is 240 Å². The molecule has 8 heteroatoms. The van der Waals surface area contributed by atoms with Gasteiger partial charge in [-0.25, -0.2) is 0 Å². The van der Waals surface area contributed by atoms with Crippen molar-refractivity contribution >= 4 is 29.1 Å². The minimum atomic E-state index is -0.798. The number of ether oxygens (including phenoxy) is 2. The number of ketones is 1. The summed E-state index contributed by atoms with van der Waals surface area (Å²) in [6.45, 7) is 9.30. The largest absolute Gasteiger partial charge is 0.507 e. The molecule has 0 spiro atoms. The number of carbonyl (C=O) groups excluding carboxylic acids is 2. The molecule has 40 heavy (non-hydrogen) atoms. The van der Waals surface area contributed by atoms with Crippen molar-refractivity contribution in [1.29, 1.82) is 0 Å². The van der Waals surface area contributed by atoms with Gasteiger partial charge >= 0.3 is 0 Å². The molecule has 210 valence electrons. The minimum absolute atomic E-state index is 0.0345. The predicted octanol–water partition coefficient (Wildman–Crippen LogP) is 6.08. The normalized spacial score (nSPS) is 16.5. The first-order valence-electron chi connectivity index (χ1n) is 13.6. The second-order valence-electron chi connectivity index (χ2n) is 9.44. The fraction of sp³-hybridized carbons (Fsp3) is 0.312. The summed E-state index contributed by atoms with van der Waals surface area (Å²) in [4.78, 5) is 30.5. The SMILES string of the molecule is CCOc1cc(C2/C(=C(\O)c3ccc(Cl)cc3)C(=O)C(=O)N2CCN(CC)CC)ccc1OCc1ccccc1. The van der Waals surface area contributed by atoms with E-state index in [9.17, 15) is 14.7 Å². The Morgan fingerprint density at radius 3 is 2.27 bits per heavy atom. The Bertz CT molecular complexity index is 1350. The van der Waals surface area contributed by atoms with Gasteiger partial charge < -0.3 is 24.4 Å². The molecule has 0 aliphatic carbocycles. The molecule has 1 aliphatic heterocycles. The molecule has 4 rings (SSSR count). The first kappa shape index (κ1) is 29.2. The van der Waals surface area contributed by atoms with Gasteiger partial charge in [-0.1, -0.05) is 61.8 Å². The molecule has 1 amide bonds. The van der Waals surface area contributed by atoms with Crippen LogP contribution in [0.1, 0.15) is 43.5 Å². The van der Waals surface area contributed by atoms with E-state index in [0.29, 0.717) is 54.0 Å². The van der Waals surface area contributed by atoms with Gasteiger partial charge in [0, 0.05) is 23.7 Å².